The average Bonchev–Trinajstić information content (AvgIpc) is 2.99. The van der Waals surface area contributed by atoms with Crippen molar-refractivity contribution in [2.24, 2.45) is 5.92 Å². The van der Waals surface area contributed by atoms with E-state index in [0.717, 1.165) is 5.92 Å². The van der Waals surface area contributed by atoms with Crippen molar-refractivity contribution in [3.63, 3.8) is 0 Å². The molecule has 4 heteroatoms. The van der Waals surface area contributed by atoms with Crippen LogP contribution in [-0.2, 0) is 11.3 Å². The molecule has 114 valence electrons. The van der Waals surface area contributed by atoms with E-state index in [2.05, 4.69) is 18.3 Å². The minimum Gasteiger partial charge on any atom is -0.389 e. The third kappa shape index (κ3) is 5.52. The van der Waals surface area contributed by atoms with Crippen LogP contribution in [0.2, 0.25) is 0 Å². The zero-order valence-corrected chi connectivity index (χ0v) is 13.2. The molecular weight excluding hydrogens is 270 g/mol. The van der Waals surface area contributed by atoms with Gasteiger partial charge in [-0.25, -0.2) is 0 Å². The van der Waals surface area contributed by atoms with Crippen molar-refractivity contribution in [1.82, 2.24) is 5.32 Å². The third-order valence-corrected chi connectivity index (χ3v) is 5.02. The molecule has 1 saturated carbocycles. The number of hydrogen-bond donors (Lipinski definition) is 2. The van der Waals surface area contributed by atoms with Crippen molar-refractivity contribution >= 4 is 11.3 Å². The standard InChI is InChI=1S/C16H27NO2S/c1-13(14-6-3-2-4-7-14)17-10-15(18)11-19-12-16-8-5-9-20-16/h5,8-9,13-15,17-18H,2-4,6-7,10-12H2,1H3/t13-,15?/m1/s1. The summed E-state index contributed by atoms with van der Waals surface area (Å²) in [6.45, 7) is 3.88. The van der Waals surface area contributed by atoms with Crippen molar-refractivity contribution < 1.29 is 9.84 Å². The summed E-state index contributed by atoms with van der Waals surface area (Å²) in [5.41, 5.74) is 0. The van der Waals surface area contributed by atoms with E-state index < -0.39 is 6.10 Å². The first-order valence-corrected chi connectivity index (χ1v) is 8.65. The molecule has 0 bridgehead atoms. The van der Waals surface area contributed by atoms with Crippen molar-refractivity contribution in [2.45, 2.75) is 57.8 Å². The number of aliphatic hydroxyl groups excluding tert-OH is 1. The minimum atomic E-state index is -0.416. The molecule has 2 atom stereocenters. The Bertz CT molecular complexity index is 349. The maximum atomic E-state index is 9.94. The second-order valence-electron chi connectivity index (χ2n) is 5.84. The van der Waals surface area contributed by atoms with Crippen LogP contribution in [0.5, 0.6) is 0 Å². The van der Waals surface area contributed by atoms with Gasteiger partial charge in [0.05, 0.1) is 19.3 Å². The first-order valence-electron chi connectivity index (χ1n) is 7.77. The van der Waals surface area contributed by atoms with Gasteiger partial charge in [0, 0.05) is 17.5 Å². The summed E-state index contributed by atoms with van der Waals surface area (Å²) >= 11 is 1.69. The molecule has 3 nitrogen and oxygen atoms in total. The fraction of sp³-hybridized carbons (Fsp3) is 0.750. The average molecular weight is 297 g/mol. The van der Waals surface area contributed by atoms with Crippen LogP contribution < -0.4 is 5.32 Å². The smallest absolute Gasteiger partial charge is 0.0897 e. The second kappa shape index (κ2) is 8.78. The number of ether oxygens (including phenoxy) is 1. The van der Waals surface area contributed by atoms with E-state index in [0.29, 0.717) is 25.8 Å². The van der Waals surface area contributed by atoms with Crippen LogP contribution in [0.3, 0.4) is 0 Å². The van der Waals surface area contributed by atoms with Crippen molar-refractivity contribution in [1.29, 1.82) is 0 Å². The van der Waals surface area contributed by atoms with Gasteiger partial charge < -0.3 is 15.2 Å². The topological polar surface area (TPSA) is 41.5 Å². The normalized spacial score (nSPS) is 19.9. The van der Waals surface area contributed by atoms with E-state index in [9.17, 15) is 5.11 Å². The van der Waals surface area contributed by atoms with Crippen molar-refractivity contribution in [2.75, 3.05) is 13.2 Å². The Morgan fingerprint density at radius 1 is 1.40 bits per heavy atom. The number of thiophene rings is 1. The largest absolute Gasteiger partial charge is 0.389 e. The molecule has 1 aliphatic rings. The van der Waals surface area contributed by atoms with Gasteiger partial charge in [0.2, 0.25) is 0 Å². The van der Waals surface area contributed by atoms with Crippen LogP contribution in [0.4, 0.5) is 0 Å². The van der Waals surface area contributed by atoms with Gasteiger partial charge in [-0.3, -0.25) is 0 Å². The monoisotopic (exact) mass is 297 g/mol. The first kappa shape index (κ1) is 16.0. The molecule has 0 aliphatic heterocycles. The van der Waals surface area contributed by atoms with Gasteiger partial charge in [-0.2, -0.15) is 0 Å². The lowest BCUT2D eigenvalue weighted by Gasteiger charge is -2.29. The summed E-state index contributed by atoms with van der Waals surface area (Å²) in [7, 11) is 0. The van der Waals surface area contributed by atoms with Crippen LogP contribution in [-0.4, -0.2) is 30.4 Å². The Morgan fingerprint density at radius 3 is 2.90 bits per heavy atom. The summed E-state index contributed by atoms with van der Waals surface area (Å²) in [6.07, 6.45) is 6.37. The predicted molar refractivity (Wildman–Crippen MR) is 84.0 cm³/mol. The Labute approximate surface area is 126 Å². The zero-order valence-electron chi connectivity index (χ0n) is 12.4. The van der Waals surface area contributed by atoms with E-state index in [1.54, 1.807) is 11.3 Å². The summed E-state index contributed by atoms with van der Waals surface area (Å²) in [4.78, 5) is 1.21. The van der Waals surface area contributed by atoms with Gasteiger partial charge in [0.15, 0.2) is 0 Å². The molecular formula is C16H27NO2S. The highest BCUT2D eigenvalue weighted by atomic mass is 32.1. The summed E-state index contributed by atoms with van der Waals surface area (Å²) in [6, 6.07) is 4.58. The fourth-order valence-electron chi connectivity index (χ4n) is 2.87. The number of rotatable bonds is 8. The molecule has 20 heavy (non-hydrogen) atoms. The lowest BCUT2D eigenvalue weighted by atomic mass is 9.84. The van der Waals surface area contributed by atoms with Gasteiger partial charge in [-0.15, -0.1) is 11.3 Å². The zero-order chi connectivity index (χ0) is 14.2. The third-order valence-electron chi connectivity index (χ3n) is 4.17. The highest BCUT2D eigenvalue weighted by Crippen LogP contribution is 2.26. The van der Waals surface area contributed by atoms with E-state index in [-0.39, 0.29) is 0 Å². The van der Waals surface area contributed by atoms with E-state index in [1.165, 1.54) is 37.0 Å². The molecule has 1 heterocycles. The summed E-state index contributed by atoms with van der Waals surface area (Å²) in [5, 5.41) is 15.5. The molecule has 0 spiro atoms. The molecule has 2 N–H and O–H groups in total. The maximum Gasteiger partial charge on any atom is 0.0897 e. The van der Waals surface area contributed by atoms with E-state index >= 15 is 0 Å². The molecule has 1 unspecified atom stereocenters. The van der Waals surface area contributed by atoms with Gasteiger partial charge >= 0.3 is 0 Å². The maximum absolute atomic E-state index is 9.94. The molecule has 0 aromatic carbocycles. The summed E-state index contributed by atoms with van der Waals surface area (Å²) in [5.74, 6) is 0.781. The van der Waals surface area contributed by atoms with Crippen molar-refractivity contribution in [3.05, 3.63) is 22.4 Å². The lowest BCUT2D eigenvalue weighted by Crippen LogP contribution is -2.40. The molecule has 1 aliphatic carbocycles. The predicted octanol–water partition coefficient (Wildman–Crippen LogP) is 3.18. The van der Waals surface area contributed by atoms with Gasteiger partial charge in [0.25, 0.3) is 0 Å². The van der Waals surface area contributed by atoms with E-state index in [4.69, 9.17) is 4.74 Å². The minimum absolute atomic E-state index is 0.405. The van der Waals surface area contributed by atoms with E-state index in [1.807, 2.05) is 11.4 Å². The summed E-state index contributed by atoms with van der Waals surface area (Å²) < 4.78 is 5.54. The van der Waals surface area contributed by atoms with Gasteiger partial charge in [0.1, 0.15) is 0 Å². The fourth-order valence-corrected chi connectivity index (χ4v) is 3.51. The molecule has 1 aromatic heterocycles. The molecule has 1 fully saturated rings. The Morgan fingerprint density at radius 2 is 2.20 bits per heavy atom. The SMILES string of the molecule is C[C@@H](NCC(O)COCc1cccs1)C1CCCCC1. The van der Waals surface area contributed by atoms with Gasteiger partial charge in [-0.05, 0) is 37.1 Å². The first-order chi connectivity index (χ1) is 9.75. The van der Waals surface area contributed by atoms with Crippen LogP contribution in [0.1, 0.15) is 43.9 Å². The number of nitrogens with one attached hydrogen (secondary N) is 1. The molecule has 0 amide bonds. The van der Waals surface area contributed by atoms with Crippen LogP contribution in [0.25, 0.3) is 0 Å². The van der Waals surface area contributed by atoms with Crippen LogP contribution in [0, 0.1) is 5.92 Å². The Hall–Kier alpha value is -0.420. The highest BCUT2D eigenvalue weighted by molar-refractivity contribution is 7.09. The molecule has 0 radical (unpaired) electrons. The second-order valence-corrected chi connectivity index (χ2v) is 6.88. The quantitative estimate of drug-likeness (QED) is 0.774. The lowest BCUT2D eigenvalue weighted by molar-refractivity contribution is 0.0275. The highest BCUT2D eigenvalue weighted by Gasteiger charge is 2.20. The van der Waals surface area contributed by atoms with Crippen LogP contribution in [0.15, 0.2) is 17.5 Å². The molecule has 1 aromatic rings. The van der Waals surface area contributed by atoms with Crippen LogP contribution >= 0.6 is 11.3 Å². The number of hydrogen-bond acceptors (Lipinski definition) is 4. The number of aliphatic hydroxyl groups is 1. The Kier molecular flexibility index (Phi) is 7.00. The molecule has 2 rings (SSSR count). The van der Waals surface area contributed by atoms with Crippen molar-refractivity contribution in [3.8, 4) is 0 Å². The Balaban J connectivity index is 1.55. The van der Waals surface area contributed by atoms with Gasteiger partial charge in [-0.1, -0.05) is 25.3 Å². The molecule has 0 saturated heterocycles.